The molecule has 6 nitrogen and oxygen atoms in total. The van der Waals surface area contributed by atoms with Crippen molar-refractivity contribution in [1.29, 1.82) is 0 Å². The number of likely N-dealkylation sites (tertiary alicyclic amines) is 1. The van der Waals surface area contributed by atoms with Gasteiger partial charge in [-0.05, 0) is 38.8 Å². The quantitative estimate of drug-likeness (QED) is 0.866. The minimum absolute atomic E-state index is 0.0276. The monoisotopic (exact) mass is 315 g/mol. The van der Waals surface area contributed by atoms with E-state index in [1.165, 1.54) is 0 Å². The Morgan fingerprint density at radius 2 is 2.17 bits per heavy atom. The van der Waals surface area contributed by atoms with Crippen LogP contribution in [0, 0.1) is 13.8 Å². The Balaban J connectivity index is 1.61. The number of carbonyl (C=O) groups is 1. The SMILES string of the molecule is Cc1noc(C)c1CC(=O)N1CCCC(Oc2ccncc2)C1. The molecule has 3 heterocycles. The fourth-order valence-corrected chi connectivity index (χ4v) is 2.89. The van der Waals surface area contributed by atoms with Gasteiger partial charge in [-0.15, -0.1) is 0 Å². The lowest BCUT2D eigenvalue weighted by Crippen LogP contribution is -2.45. The number of aromatic nitrogens is 2. The van der Waals surface area contributed by atoms with Crippen molar-refractivity contribution in [2.75, 3.05) is 13.1 Å². The van der Waals surface area contributed by atoms with E-state index in [0.29, 0.717) is 13.0 Å². The van der Waals surface area contributed by atoms with Crippen molar-refractivity contribution in [3.05, 3.63) is 41.5 Å². The predicted octanol–water partition coefficient (Wildman–Crippen LogP) is 2.30. The van der Waals surface area contributed by atoms with Gasteiger partial charge in [-0.2, -0.15) is 0 Å². The molecule has 1 amide bonds. The maximum absolute atomic E-state index is 12.6. The predicted molar refractivity (Wildman–Crippen MR) is 84.1 cm³/mol. The molecule has 1 fully saturated rings. The molecule has 0 spiro atoms. The molecule has 2 aromatic heterocycles. The van der Waals surface area contributed by atoms with Gasteiger partial charge in [-0.25, -0.2) is 0 Å². The van der Waals surface area contributed by atoms with Crippen LogP contribution < -0.4 is 4.74 Å². The van der Waals surface area contributed by atoms with Crippen molar-refractivity contribution in [3.63, 3.8) is 0 Å². The topological polar surface area (TPSA) is 68.5 Å². The second-order valence-electron chi connectivity index (χ2n) is 5.88. The van der Waals surface area contributed by atoms with E-state index >= 15 is 0 Å². The Bertz CT molecular complexity index is 649. The van der Waals surface area contributed by atoms with Crippen LogP contribution in [0.3, 0.4) is 0 Å². The Morgan fingerprint density at radius 1 is 1.39 bits per heavy atom. The summed E-state index contributed by atoms with van der Waals surface area (Å²) in [6.45, 7) is 5.10. The molecule has 1 unspecified atom stereocenters. The van der Waals surface area contributed by atoms with Gasteiger partial charge >= 0.3 is 0 Å². The van der Waals surface area contributed by atoms with Crippen molar-refractivity contribution in [3.8, 4) is 5.75 Å². The molecular formula is C17H21N3O3. The van der Waals surface area contributed by atoms with Crippen LogP contribution in [0.5, 0.6) is 5.75 Å². The summed E-state index contributed by atoms with van der Waals surface area (Å²) in [4.78, 5) is 18.4. The number of amides is 1. The number of rotatable bonds is 4. The van der Waals surface area contributed by atoms with E-state index in [1.54, 1.807) is 12.4 Å². The number of carbonyl (C=O) groups excluding carboxylic acids is 1. The van der Waals surface area contributed by atoms with Crippen molar-refractivity contribution in [2.45, 2.75) is 39.2 Å². The molecule has 0 aliphatic carbocycles. The number of ether oxygens (including phenoxy) is 1. The van der Waals surface area contributed by atoms with Gasteiger partial charge in [0.2, 0.25) is 5.91 Å². The number of pyridine rings is 1. The Kier molecular flexibility index (Phi) is 4.60. The lowest BCUT2D eigenvalue weighted by Gasteiger charge is -2.33. The molecule has 0 radical (unpaired) electrons. The normalized spacial score (nSPS) is 18.0. The molecule has 1 aliphatic rings. The number of piperidine rings is 1. The lowest BCUT2D eigenvalue weighted by atomic mass is 10.1. The molecule has 1 aliphatic heterocycles. The highest BCUT2D eigenvalue weighted by Gasteiger charge is 2.26. The number of hydrogen-bond donors (Lipinski definition) is 0. The standard InChI is InChI=1S/C17H21N3O3/c1-12-16(13(2)23-19-12)10-17(21)20-9-3-4-15(11-20)22-14-5-7-18-8-6-14/h5-8,15H,3-4,9-11H2,1-2H3. The second-order valence-corrected chi connectivity index (χ2v) is 5.88. The largest absolute Gasteiger partial charge is 0.488 e. The maximum atomic E-state index is 12.6. The van der Waals surface area contributed by atoms with Crippen LogP contribution in [0.25, 0.3) is 0 Å². The van der Waals surface area contributed by atoms with Gasteiger partial charge in [-0.3, -0.25) is 9.78 Å². The molecule has 122 valence electrons. The van der Waals surface area contributed by atoms with Gasteiger partial charge in [0.15, 0.2) is 0 Å². The van der Waals surface area contributed by atoms with Gasteiger partial charge < -0.3 is 14.2 Å². The first-order valence-electron chi connectivity index (χ1n) is 7.89. The van der Waals surface area contributed by atoms with E-state index < -0.39 is 0 Å². The fourth-order valence-electron chi connectivity index (χ4n) is 2.89. The molecule has 0 bridgehead atoms. The molecule has 1 atom stereocenters. The van der Waals surface area contributed by atoms with Crippen molar-refractivity contribution in [1.82, 2.24) is 15.0 Å². The summed E-state index contributed by atoms with van der Waals surface area (Å²) in [6.07, 6.45) is 5.68. The first-order valence-corrected chi connectivity index (χ1v) is 7.89. The zero-order valence-corrected chi connectivity index (χ0v) is 13.5. The highest BCUT2D eigenvalue weighted by Crippen LogP contribution is 2.20. The number of nitrogens with zero attached hydrogens (tertiary/aromatic N) is 3. The van der Waals surface area contributed by atoms with Gasteiger partial charge in [0.25, 0.3) is 0 Å². The molecule has 1 saturated heterocycles. The minimum Gasteiger partial charge on any atom is -0.488 e. The maximum Gasteiger partial charge on any atom is 0.227 e. The van der Waals surface area contributed by atoms with Crippen molar-refractivity contribution < 1.29 is 14.1 Å². The summed E-state index contributed by atoms with van der Waals surface area (Å²) in [5, 5.41) is 3.91. The van der Waals surface area contributed by atoms with E-state index in [4.69, 9.17) is 9.26 Å². The lowest BCUT2D eigenvalue weighted by molar-refractivity contribution is -0.133. The molecule has 0 saturated carbocycles. The molecule has 6 heteroatoms. The second kappa shape index (κ2) is 6.81. The smallest absolute Gasteiger partial charge is 0.227 e. The van der Waals surface area contributed by atoms with E-state index in [1.807, 2.05) is 30.9 Å². The third-order valence-electron chi connectivity index (χ3n) is 4.19. The Morgan fingerprint density at radius 3 is 2.87 bits per heavy atom. The zero-order chi connectivity index (χ0) is 16.2. The first kappa shape index (κ1) is 15.5. The average Bonchev–Trinajstić information content (AvgIpc) is 2.88. The van der Waals surface area contributed by atoms with Crippen LogP contribution >= 0.6 is 0 Å². The van der Waals surface area contributed by atoms with E-state index in [0.717, 1.165) is 42.2 Å². The van der Waals surface area contributed by atoms with Crippen LogP contribution in [-0.2, 0) is 11.2 Å². The highest BCUT2D eigenvalue weighted by atomic mass is 16.5. The van der Waals surface area contributed by atoms with Gasteiger partial charge in [0.1, 0.15) is 17.6 Å². The fraction of sp³-hybridized carbons (Fsp3) is 0.471. The summed E-state index contributed by atoms with van der Waals surface area (Å²) in [7, 11) is 0. The minimum atomic E-state index is 0.0276. The van der Waals surface area contributed by atoms with Crippen LogP contribution in [0.15, 0.2) is 29.0 Å². The summed E-state index contributed by atoms with van der Waals surface area (Å²) in [5.74, 6) is 1.62. The van der Waals surface area contributed by atoms with Crippen molar-refractivity contribution >= 4 is 5.91 Å². The van der Waals surface area contributed by atoms with Crippen molar-refractivity contribution in [2.24, 2.45) is 0 Å². The zero-order valence-electron chi connectivity index (χ0n) is 13.5. The van der Waals surface area contributed by atoms with E-state index in [-0.39, 0.29) is 12.0 Å². The molecule has 23 heavy (non-hydrogen) atoms. The van der Waals surface area contributed by atoms with Gasteiger partial charge in [0, 0.05) is 24.5 Å². The van der Waals surface area contributed by atoms with Crippen LogP contribution in [0.1, 0.15) is 29.9 Å². The van der Waals surface area contributed by atoms with Gasteiger partial charge in [0.05, 0.1) is 18.7 Å². The summed E-state index contributed by atoms with van der Waals surface area (Å²) in [6, 6.07) is 3.68. The molecular weight excluding hydrogens is 294 g/mol. The van der Waals surface area contributed by atoms with Crippen LogP contribution in [0.2, 0.25) is 0 Å². The van der Waals surface area contributed by atoms with Crippen LogP contribution in [0.4, 0.5) is 0 Å². The summed E-state index contributed by atoms with van der Waals surface area (Å²) in [5.41, 5.74) is 1.68. The van der Waals surface area contributed by atoms with Crippen LogP contribution in [-0.4, -0.2) is 40.1 Å². The summed E-state index contributed by atoms with van der Waals surface area (Å²) < 4.78 is 11.1. The molecule has 0 N–H and O–H groups in total. The molecule has 0 aromatic carbocycles. The molecule has 2 aromatic rings. The number of hydrogen-bond acceptors (Lipinski definition) is 5. The molecule has 3 rings (SSSR count). The Hall–Kier alpha value is -2.37. The highest BCUT2D eigenvalue weighted by molar-refractivity contribution is 5.79. The van der Waals surface area contributed by atoms with Gasteiger partial charge in [-0.1, -0.05) is 5.16 Å². The Labute approximate surface area is 135 Å². The van der Waals surface area contributed by atoms with E-state index in [9.17, 15) is 4.79 Å². The van der Waals surface area contributed by atoms with E-state index in [2.05, 4.69) is 10.1 Å². The summed E-state index contributed by atoms with van der Waals surface area (Å²) >= 11 is 0. The first-order chi connectivity index (χ1) is 11.1. The number of aryl methyl sites for hydroxylation is 2. The third-order valence-corrected chi connectivity index (χ3v) is 4.19. The third kappa shape index (κ3) is 3.70. The average molecular weight is 315 g/mol.